The average molecular weight is 250 g/mol. The van der Waals surface area contributed by atoms with Gasteiger partial charge in [0.15, 0.2) is 0 Å². The van der Waals surface area contributed by atoms with Gasteiger partial charge in [-0.1, -0.05) is 18.2 Å². The molecule has 98 valence electrons. The van der Waals surface area contributed by atoms with E-state index in [1.807, 2.05) is 0 Å². The van der Waals surface area contributed by atoms with Crippen molar-refractivity contribution in [3.8, 4) is 0 Å². The number of likely N-dealkylation sites (N-methyl/N-ethyl adjacent to an activating group) is 1. The number of rotatable bonds is 5. The number of amides is 1. The van der Waals surface area contributed by atoms with Crippen LogP contribution in [0.2, 0.25) is 0 Å². The van der Waals surface area contributed by atoms with E-state index in [1.54, 1.807) is 45.3 Å². The van der Waals surface area contributed by atoms with Crippen molar-refractivity contribution < 1.29 is 14.7 Å². The van der Waals surface area contributed by atoms with Crippen LogP contribution in [0.5, 0.6) is 0 Å². The Morgan fingerprint density at radius 2 is 1.94 bits per heavy atom. The molecule has 0 saturated heterocycles. The summed E-state index contributed by atoms with van der Waals surface area (Å²) in [5.74, 6) is -0.998. The molecule has 1 rings (SSSR count). The summed E-state index contributed by atoms with van der Waals surface area (Å²) < 4.78 is 0. The molecule has 0 aliphatic rings. The maximum absolute atomic E-state index is 11.6. The van der Waals surface area contributed by atoms with Crippen molar-refractivity contribution in [1.82, 2.24) is 10.2 Å². The van der Waals surface area contributed by atoms with Crippen LogP contribution in [0.3, 0.4) is 0 Å². The van der Waals surface area contributed by atoms with E-state index in [-0.39, 0.29) is 17.5 Å². The van der Waals surface area contributed by atoms with Crippen molar-refractivity contribution in [3.63, 3.8) is 0 Å². The number of carboxylic acids is 1. The lowest BCUT2D eigenvalue weighted by atomic mass is 10.1. The predicted octanol–water partition coefficient (Wildman–Crippen LogP) is 0.951. The predicted molar refractivity (Wildman–Crippen MR) is 68.4 cm³/mol. The van der Waals surface area contributed by atoms with Gasteiger partial charge in [0.2, 0.25) is 5.91 Å². The molecular formula is C13H18N2O3. The molecule has 2 N–H and O–H groups in total. The van der Waals surface area contributed by atoms with Crippen molar-refractivity contribution in [2.24, 2.45) is 0 Å². The SMILES string of the molecule is CC(NCc1ccccc1C(=O)O)C(=O)N(C)C. The maximum Gasteiger partial charge on any atom is 0.336 e. The quantitative estimate of drug-likeness (QED) is 0.816. The van der Waals surface area contributed by atoms with E-state index in [0.29, 0.717) is 12.1 Å². The van der Waals surface area contributed by atoms with Crippen LogP contribution in [0.4, 0.5) is 0 Å². The number of carbonyl (C=O) groups excluding carboxylic acids is 1. The molecule has 0 saturated carbocycles. The molecule has 0 heterocycles. The zero-order valence-corrected chi connectivity index (χ0v) is 10.8. The molecule has 5 heteroatoms. The van der Waals surface area contributed by atoms with Gasteiger partial charge >= 0.3 is 5.97 Å². The summed E-state index contributed by atoms with van der Waals surface area (Å²) in [5.41, 5.74) is 0.929. The molecule has 1 aromatic carbocycles. The van der Waals surface area contributed by atoms with Gasteiger partial charge in [0.05, 0.1) is 11.6 Å². The van der Waals surface area contributed by atoms with E-state index >= 15 is 0 Å². The standard InChI is InChI=1S/C13H18N2O3/c1-9(12(16)15(2)3)14-8-10-6-4-5-7-11(10)13(17)18/h4-7,9,14H,8H2,1-3H3,(H,17,18). The third-order valence-electron chi connectivity index (χ3n) is 2.66. The molecule has 0 aromatic heterocycles. The Kier molecular flexibility index (Phi) is 4.85. The third kappa shape index (κ3) is 3.56. The van der Waals surface area contributed by atoms with Crippen molar-refractivity contribution in [2.45, 2.75) is 19.5 Å². The monoisotopic (exact) mass is 250 g/mol. The van der Waals surface area contributed by atoms with E-state index in [4.69, 9.17) is 5.11 Å². The van der Waals surface area contributed by atoms with Crippen molar-refractivity contribution >= 4 is 11.9 Å². The topological polar surface area (TPSA) is 69.6 Å². The number of hydrogen-bond donors (Lipinski definition) is 2. The van der Waals surface area contributed by atoms with Gasteiger partial charge < -0.3 is 15.3 Å². The molecule has 0 radical (unpaired) electrons. The van der Waals surface area contributed by atoms with E-state index < -0.39 is 5.97 Å². The normalized spacial score (nSPS) is 11.9. The number of carboxylic acid groups (broad SMARTS) is 1. The number of carbonyl (C=O) groups is 2. The van der Waals surface area contributed by atoms with Crippen LogP contribution < -0.4 is 5.32 Å². The second-order valence-corrected chi connectivity index (χ2v) is 4.30. The number of aromatic carboxylic acids is 1. The van der Waals surface area contributed by atoms with Crippen molar-refractivity contribution in [3.05, 3.63) is 35.4 Å². The van der Waals surface area contributed by atoms with Gasteiger partial charge in [-0.2, -0.15) is 0 Å². The first-order valence-electron chi connectivity index (χ1n) is 5.69. The molecule has 5 nitrogen and oxygen atoms in total. The summed E-state index contributed by atoms with van der Waals surface area (Å²) in [6.45, 7) is 2.11. The number of hydrogen-bond acceptors (Lipinski definition) is 3. The highest BCUT2D eigenvalue weighted by atomic mass is 16.4. The number of nitrogens with one attached hydrogen (secondary N) is 1. The largest absolute Gasteiger partial charge is 0.478 e. The van der Waals surface area contributed by atoms with Gasteiger partial charge in [-0.25, -0.2) is 4.79 Å². The summed E-state index contributed by atoms with van der Waals surface area (Å²) in [5, 5.41) is 12.0. The zero-order chi connectivity index (χ0) is 13.7. The highest BCUT2D eigenvalue weighted by Gasteiger charge is 2.15. The first kappa shape index (κ1) is 14.2. The first-order valence-corrected chi connectivity index (χ1v) is 5.69. The number of benzene rings is 1. The molecule has 0 bridgehead atoms. The highest BCUT2D eigenvalue weighted by molar-refractivity contribution is 5.89. The molecule has 1 amide bonds. The molecule has 0 aliphatic heterocycles. The second kappa shape index (κ2) is 6.16. The fourth-order valence-electron chi connectivity index (χ4n) is 1.62. The zero-order valence-electron chi connectivity index (χ0n) is 10.8. The summed E-state index contributed by atoms with van der Waals surface area (Å²) in [6, 6.07) is 6.41. The second-order valence-electron chi connectivity index (χ2n) is 4.30. The fourth-order valence-corrected chi connectivity index (χ4v) is 1.62. The van der Waals surface area contributed by atoms with Crippen LogP contribution in [0, 0.1) is 0 Å². The van der Waals surface area contributed by atoms with E-state index in [1.165, 1.54) is 4.90 Å². The molecule has 1 unspecified atom stereocenters. The molecule has 0 aliphatic carbocycles. The molecule has 18 heavy (non-hydrogen) atoms. The lowest BCUT2D eigenvalue weighted by Gasteiger charge is -2.18. The summed E-state index contributed by atoms with van der Waals surface area (Å²) >= 11 is 0. The summed E-state index contributed by atoms with van der Waals surface area (Å²) in [4.78, 5) is 24.1. The van der Waals surface area contributed by atoms with Crippen LogP contribution in [-0.2, 0) is 11.3 Å². The molecular weight excluding hydrogens is 232 g/mol. The Hall–Kier alpha value is -1.88. The van der Waals surface area contributed by atoms with Gasteiger partial charge in [-0.05, 0) is 18.6 Å². The van der Waals surface area contributed by atoms with Gasteiger partial charge in [0.25, 0.3) is 0 Å². The lowest BCUT2D eigenvalue weighted by molar-refractivity contribution is -0.130. The smallest absolute Gasteiger partial charge is 0.336 e. The maximum atomic E-state index is 11.6. The summed E-state index contributed by atoms with van der Waals surface area (Å²) in [7, 11) is 3.37. The third-order valence-corrected chi connectivity index (χ3v) is 2.66. The molecule has 0 fully saturated rings. The minimum absolute atomic E-state index is 0.0391. The molecule has 1 aromatic rings. The Bertz CT molecular complexity index is 444. The van der Waals surface area contributed by atoms with Gasteiger partial charge in [0.1, 0.15) is 0 Å². The van der Waals surface area contributed by atoms with E-state index in [0.717, 1.165) is 0 Å². The van der Waals surface area contributed by atoms with Gasteiger partial charge in [-0.15, -0.1) is 0 Å². The van der Waals surface area contributed by atoms with Crippen LogP contribution >= 0.6 is 0 Å². The number of nitrogens with zero attached hydrogens (tertiary/aromatic N) is 1. The lowest BCUT2D eigenvalue weighted by Crippen LogP contribution is -2.41. The van der Waals surface area contributed by atoms with Crippen LogP contribution in [0.25, 0.3) is 0 Å². The van der Waals surface area contributed by atoms with Crippen LogP contribution in [-0.4, -0.2) is 42.0 Å². The highest BCUT2D eigenvalue weighted by Crippen LogP contribution is 2.08. The van der Waals surface area contributed by atoms with E-state index in [9.17, 15) is 9.59 Å². The van der Waals surface area contributed by atoms with Gasteiger partial charge in [0, 0.05) is 20.6 Å². The minimum atomic E-state index is -0.959. The Balaban J connectivity index is 2.69. The van der Waals surface area contributed by atoms with Gasteiger partial charge in [-0.3, -0.25) is 4.79 Å². The van der Waals surface area contributed by atoms with Crippen molar-refractivity contribution in [1.29, 1.82) is 0 Å². The first-order chi connectivity index (χ1) is 8.43. The van der Waals surface area contributed by atoms with Crippen LogP contribution in [0.15, 0.2) is 24.3 Å². The van der Waals surface area contributed by atoms with E-state index in [2.05, 4.69) is 5.32 Å². The Labute approximate surface area is 106 Å². The molecule has 0 spiro atoms. The fraction of sp³-hybridized carbons (Fsp3) is 0.385. The Morgan fingerprint density at radius 1 is 1.33 bits per heavy atom. The van der Waals surface area contributed by atoms with Crippen LogP contribution in [0.1, 0.15) is 22.8 Å². The minimum Gasteiger partial charge on any atom is -0.478 e. The molecule has 1 atom stereocenters. The summed E-state index contributed by atoms with van der Waals surface area (Å²) in [6.07, 6.45) is 0. The Morgan fingerprint density at radius 3 is 2.50 bits per heavy atom. The van der Waals surface area contributed by atoms with Crippen molar-refractivity contribution in [2.75, 3.05) is 14.1 Å². The average Bonchev–Trinajstić information content (AvgIpc) is 2.35.